The summed E-state index contributed by atoms with van der Waals surface area (Å²) in [5.74, 6) is -0.238. The van der Waals surface area contributed by atoms with Crippen molar-refractivity contribution in [2.24, 2.45) is 0 Å². The van der Waals surface area contributed by atoms with Crippen LogP contribution in [-0.4, -0.2) is 18.2 Å². The van der Waals surface area contributed by atoms with Gasteiger partial charge in [0.2, 0.25) is 0 Å². The molecule has 0 saturated heterocycles. The third-order valence-corrected chi connectivity index (χ3v) is 3.46. The number of carboxylic acids is 1. The predicted molar refractivity (Wildman–Crippen MR) is 82.1 cm³/mol. The fraction of sp³-hybridized carbons (Fsp3) is 0.133. The van der Waals surface area contributed by atoms with Crippen molar-refractivity contribution in [3.8, 4) is 5.75 Å². The molecular formula is C15H14BrNO3. The number of halogens is 1. The maximum absolute atomic E-state index is 11.2. The molecular weight excluding hydrogens is 322 g/mol. The number of nitrogens with one attached hydrogen (secondary N) is 1. The first-order chi connectivity index (χ1) is 9.51. The molecule has 0 atom stereocenters. The van der Waals surface area contributed by atoms with E-state index in [1.165, 1.54) is 0 Å². The molecule has 2 aromatic rings. The van der Waals surface area contributed by atoms with Crippen LogP contribution in [0.1, 0.15) is 15.9 Å². The molecule has 0 fully saturated rings. The zero-order valence-corrected chi connectivity index (χ0v) is 12.7. The van der Waals surface area contributed by atoms with Crippen molar-refractivity contribution in [2.75, 3.05) is 12.4 Å². The van der Waals surface area contributed by atoms with E-state index in [1.54, 1.807) is 19.2 Å². The second-order valence-electron chi connectivity index (χ2n) is 4.33. The van der Waals surface area contributed by atoms with Crippen LogP contribution in [0.25, 0.3) is 0 Å². The maximum atomic E-state index is 11.2. The molecule has 0 amide bonds. The van der Waals surface area contributed by atoms with E-state index in [-0.39, 0.29) is 5.56 Å². The van der Waals surface area contributed by atoms with Crippen molar-refractivity contribution in [1.82, 2.24) is 0 Å². The molecule has 0 unspecified atom stereocenters. The fourth-order valence-corrected chi connectivity index (χ4v) is 2.39. The van der Waals surface area contributed by atoms with Crippen LogP contribution in [-0.2, 0) is 0 Å². The average Bonchev–Trinajstić information content (AvgIpc) is 2.38. The number of rotatable bonds is 4. The molecule has 0 aromatic heterocycles. The third-order valence-electron chi connectivity index (χ3n) is 2.84. The van der Waals surface area contributed by atoms with Gasteiger partial charge in [-0.25, -0.2) is 4.79 Å². The number of aromatic carboxylic acids is 1. The number of hydrogen-bond acceptors (Lipinski definition) is 3. The Balaban J connectivity index is 2.36. The minimum absolute atomic E-state index is 0.238. The first kappa shape index (κ1) is 14.4. The summed E-state index contributed by atoms with van der Waals surface area (Å²) in [7, 11) is 1.59. The van der Waals surface area contributed by atoms with Gasteiger partial charge in [0, 0.05) is 5.69 Å². The second kappa shape index (κ2) is 5.96. The summed E-state index contributed by atoms with van der Waals surface area (Å²) < 4.78 is 5.96. The van der Waals surface area contributed by atoms with E-state index in [0.29, 0.717) is 5.69 Å². The number of ether oxygens (including phenoxy) is 1. The van der Waals surface area contributed by atoms with Crippen molar-refractivity contribution in [3.05, 3.63) is 52.0 Å². The molecule has 0 saturated carbocycles. The summed E-state index contributed by atoms with van der Waals surface area (Å²) in [6.07, 6.45) is 0. The van der Waals surface area contributed by atoms with Crippen LogP contribution in [0.4, 0.5) is 11.4 Å². The average molecular weight is 336 g/mol. The maximum Gasteiger partial charge on any atom is 0.337 e. The molecule has 2 N–H and O–H groups in total. The Hall–Kier alpha value is -2.01. The smallest absolute Gasteiger partial charge is 0.337 e. The number of methoxy groups -OCH3 is 1. The Morgan fingerprint density at radius 3 is 2.60 bits per heavy atom. The molecule has 4 nitrogen and oxygen atoms in total. The Labute approximate surface area is 125 Å². The highest BCUT2D eigenvalue weighted by Crippen LogP contribution is 2.30. The summed E-state index contributed by atoms with van der Waals surface area (Å²) >= 11 is 3.40. The van der Waals surface area contributed by atoms with Crippen LogP contribution in [0.15, 0.2) is 40.9 Å². The van der Waals surface area contributed by atoms with Crippen LogP contribution in [0, 0.1) is 6.92 Å². The van der Waals surface area contributed by atoms with E-state index < -0.39 is 5.97 Å². The quantitative estimate of drug-likeness (QED) is 0.878. The lowest BCUT2D eigenvalue weighted by atomic mass is 10.1. The van der Waals surface area contributed by atoms with Crippen molar-refractivity contribution >= 4 is 33.3 Å². The van der Waals surface area contributed by atoms with Crippen LogP contribution in [0.2, 0.25) is 0 Å². The normalized spacial score (nSPS) is 10.2. The number of aryl methyl sites for hydroxylation is 1. The number of carboxylic acid groups (broad SMARTS) is 1. The predicted octanol–water partition coefficient (Wildman–Crippen LogP) is 4.21. The largest absolute Gasteiger partial charge is 0.496 e. The molecule has 2 rings (SSSR count). The molecule has 0 heterocycles. The monoisotopic (exact) mass is 335 g/mol. The summed E-state index contributed by atoms with van der Waals surface area (Å²) in [4.78, 5) is 11.2. The summed E-state index contributed by atoms with van der Waals surface area (Å²) in [5.41, 5.74) is 2.58. The first-order valence-corrected chi connectivity index (χ1v) is 6.75. The van der Waals surface area contributed by atoms with Crippen molar-refractivity contribution < 1.29 is 14.6 Å². The Kier molecular flexibility index (Phi) is 4.29. The standard InChI is InChI=1S/C15H14BrNO3/c1-9-3-5-11(15(18)19)13(7-9)17-10-4-6-14(20-2)12(16)8-10/h3-8,17H,1-2H3,(H,18,19). The molecule has 104 valence electrons. The van der Waals surface area contributed by atoms with Gasteiger partial charge in [-0.2, -0.15) is 0 Å². The van der Waals surface area contributed by atoms with E-state index in [0.717, 1.165) is 21.5 Å². The SMILES string of the molecule is COc1ccc(Nc2cc(C)ccc2C(=O)O)cc1Br. The summed E-state index contributed by atoms with van der Waals surface area (Å²) in [6, 6.07) is 10.7. The van der Waals surface area contributed by atoms with Crippen LogP contribution >= 0.6 is 15.9 Å². The molecule has 0 radical (unpaired) electrons. The van der Waals surface area contributed by atoms with E-state index in [9.17, 15) is 9.90 Å². The van der Waals surface area contributed by atoms with E-state index >= 15 is 0 Å². The highest BCUT2D eigenvalue weighted by atomic mass is 79.9. The Morgan fingerprint density at radius 2 is 2.00 bits per heavy atom. The lowest BCUT2D eigenvalue weighted by molar-refractivity contribution is 0.0698. The summed E-state index contributed by atoms with van der Waals surface area (Å²) in [5, 5.41) is 12.3. The molecule has 0 aliphatic carbocycles. The van der Waals surface area contributed by atoms with Crippen LogP contribution in [0.5, 0.6) is 5.75 Å². The van der Waals surface area contributed by atoms with Gasteiger partial charge >= 0.3 is 5.97 Å². The third kappa shape index (κ3) is 3.11. The van der Waals surface area contributed by atoms with Gasteiger partial charge < -0.3 is 15.2 Å². The van der Waals surface area contributed by atoms with Gasteiger partial charge in [0.25, 0.3) is 0 Å². The first-order valence-electron chi connectivity index (χ1n) is 5.96. The van der Waals surface area contributed by atoms with Crippen LogP contribution in [0.3, 0.4) is 0 Å². The lowest BCUT2D eigenvalue weighted by Gasteiger charge is -2.12. The lowest BCUT2D eigenvalue weighted by Crippen LogP contribution is -2.03. The Morgan fingerprint density at radius 1 is 1.25 bits per heavy atom. The van der Waals surface area contributed by atoms with Gasteiger partial charge in [-0.3, -0.25) is 0 Å². The minimum Gasteiger partial charge on any atom is -0.496 e. The van der Waals surface area contributed by atoms with E-state index in [2.05, 4.69) is 21.2 Å². The number of hydrogen-bond donors (Lipinski definition) is 2. The molecule has 2 aromatic carbocycles. The molecule has 0 spiro atoms. The number of carbonyl (C=O) groups is 1. The molecule has 0 aliphatic rings. The van der Waals surface area contributed by atoms with Crippen molar-refractivity contribution in [1.29, 1.82) is 0 Å². The minimum atomic E-state index is -0.958. The van der Waals surface area contributed by atoms with E-state index in [1.807, 2.05) is 31.2 Å². The zero-order chi connectivity index (χ0) is 14.7. The van der Waals surface area contributed by atoms with Gasteiger partial charge in [-0.1, -0.05) is 6.07 Å². The zero-order valence-electron chi connectivity index (χ0n) is 11.1. The van der Waals surface area contributed by atoms with Gasteiger partial charge in [0.05, 0.1) is 22.8 Å². The molecule has 20 heavy (non-hydrogen) atoms. The van der Waals surface area contributed by atoms with Gasteiger partial charge in [-0.05, 0) is 58.7 Å². The molecule has 0 aliphatic heterocycles. The van der Waals surface area contributed by atoms with Crippen molar-refractivity contribution in [3.63, 3.8) is 0 Å². The van der Waals surface area contributed by atoms with Gasteiger partial charge in [-0.15, -0.1) is 0 Å². The van der Waals surface area contributed by atoms with Crippen LogP contribution < -0.4 is 10.1 Å². The highest BCUT2D eigenvalue weighted by molar-refractivity contribution is 9.10. The Bertz CT molecular complexity index is 656. The number of benzene rings is 2. The van der Waals surface area contributed by atoms with Crippen molar-refractivity contribution in [2.45, 2.75) is 6.92 Å². The summed E-state index contributed by atoms with van der Waals surface area (Å²) in [6.45, 7) is 1.92. The van der Waals surface area contributed by atoms with Gasteiger partial charge in [0.15, 0.2) is 0 Å². The topological polar surface area (TPSA) is 58.6 Å². The second-order valence-corrected chi connectivity index (χ2v) is 5.18. The van der Waals surface area contributed by atoms with Gasteiger partial charge in [0.1, 0.15) is 5.75 Å². The fourth-order valence-electron chi connectivity index (χ4n) is 1.85. The molecule has 0 bridgehead atoms. The highest BCUT2D eigenvalue weighted by Gasteiger charge is 2.11. The molecule has 5 heteroatoms. The van der Waals surface area contributed by atoms with E-state index in [4.69, 9.17) is 4.74 Å². The number of anilines is 2.